The molecule has 1 N–H and O–H groups in total. The molecule has 1 heterocycles. The van der Waals surface area contributed by atoms with Crippen LogP contribution in [0.1, 0.15) is 5.56 Å². The third-order valence-corrected chi connectivity index (χ3v) is 4.93. The van der Waals surface area contributed by atoms with Crippen molar-refractivity contribution < 1.29 is 18.7 Å². The van der Waals surface area contributed by atoms with Gasteiger partial charge in [-0.05, 0) is 54.2 Å². The Hall–Kier alpha value is -2.76. The van der Waals surface area contributed by atoms with Gasteiger partial charge < -0.3 is 14.8 Å². The molecule has 5 nitrogen and oxygen atoms in total. The van der Waals surface area contributed by atoms with Gasteiger partial charge in [-0.1, -0.05) is 21.9 Å². The molecule has 0 aromatic heterocycles. The van der Waals surface area contributed by atoms with Crippen LogP contribution in [0.3, 0.4) is 0 Å². The molecule has 1 saturated heterocycles. The molecule has 1 amide bonds. The predicted octanol–water partition coefficient (Wildman–Crippen LogP) is 4.50. The van der Waals surface area contributed by atoms with Crippen molar-refractivity contribution in [3.05, 3.63) is 57.2 Å². The lowest BCUT2D eigenvalue weighted by atomic mass is 10.1. The van der Waals surface area contributed by atoms with Crippen LogP contribution < -0.4 is 14.8 Å². The first-order valence-corrected chi connectivity index (χ1v) is 9.60. The van der Waals surface area contributed by atoms with E-state index in [1.807, 2.05) is 0 Å². The smallest absolute Gasteiger partial charge is 0.264 e. The van der Waals surface area contributed by atoms with Gasteiger partial charge in [-0.2, -0.15) is 0 Å². The highest BCUT2D eigenvalue weighted by molar-refractivity contribution is 9.10. The number of terminal acetylenes is 1. The van der Waals surface area contributed by atoms with E-state index in [1.165, 1.54) is 43.1 Å². The Kier molecular flexibility index (Phi) is 6.39. The summed E-state index contributed by atoms with van der Waals surface area (Å²) in [5.74, 6) is 2.68. The number of amides is 1. The summed E-state index contributed by atoms with van der Waals surface area (Å²) in [6.45, 7) is 0.0603. The van der Waals surface area contributed by atoms with E-state index in [9.17, 15) is 9.18 Å². The number of aliphatic imine (C=N–C) groups is 1. The second-order valence-electron chi connectivity index (χ2n) is 5.48. The number of rotatable bonds is 5. The molecule has 0 bridgehead atoms. The van der Waals surface area contributed by atoms with Gasteiger partial charge >= 0.3 is 0 Å². The molecule has 142 valence electrons. The van der Waals surface area contributed by atoms with Crippen molar-refractivity contribution in [3.63, 3.8) is 0 Å². The van der Waals surface area contributed by atoms with Crippen molar-refractivity contribution in [2.24, 2.45) is 4.99 Å². The summed E-state index contributed by atoms with van der Waals surface area (Å²) >= 11 is 4.58. The largest absolute Gasteiger partial charge is 0.493 e. The predicted molar refractivity (Wildman–Crippen MR) is 112 cm³/mol. The number of benzene rings is 2. The van der Waals surface area contributed by atoms with Crippen molar-refractivity contribution in [2.45, 2.75) is 0 Å². The van der Waals surface area contributed by atoms with E-state index in [2.05, 4.69) is 32.2 Å². The molecular weight excluding hydrogens is 447 g/mol. The zero-order chi connectivity index (χ0) is 20.1. The molecule has 1 fully saturated rings. The number of carbonyl (C=O) groups is 1. The molecule has 1 aliphatic rings. The van der Waals surface area contributed by atoms with E-state index >= 15 is 0 Å². The summed E-state index contributed by atoms with van der Waals surface area (Å²) in [5.41, 5.74) is 1.16. The molecule has 28 heavy (non-hydrogen) atoms. The Morgan fingerprint density at radius 2 is 2.11 bits per heavy atom. The molecular formula is C20H14BrFN2O3S. The third kappa shape index (κ3) is 4.74. The fourth-order valence-corrected chi connectivity index (χ4v) is 3.66. The highest BCUT2D eigenvalue weighted by Crippen LogP contribution is 2.38. The fraction of sp³-hybridized carbons (Fsp3) is 0.100. The average molecular weight is 461 g/mol. The Labute approximate surface area is 174 Å². The van der Waals surface area contributed by atoms with Gasteiger partial charge in [0.15, 0.2) is 16.7 Å². The van der Waals surface area contributed by atoms with E-state index in [0.717, 1.165) is 4.47 Å². The lowest BCUT2D eigenvalue weighted by molar-refractivity contribution is -0.115. The lowest BCUT2D eigenvalue weighted by Gasteiger charge is -2.12. The first-order valence-electron chi connectivity index (χ1n) is 7.99. The van der Waals surface area contributed by atoms with Gasteiger partial charge in [0.25, 0.3) is 5.91 Å². The molecule has 0 saturated carbocycles. The maximum Gasteiger partial charge on any atom is 0.264 e. The van der Waals surface area contributed by atoms with E-state index in [0.29, 0.717) is 32.8 Å². The van der Waals surface area contributed by atoms with Crippen LogP contribution in [-0.2, 0) is 4.79 Å². The van der Waals surface area contributed by atoms with Gasteiger partial charge in [0.05, 0.1) is 17.7 Å². The highest BCUT2D eigenvalue weighted by Gasteiger charge is 2.25. The minimum atomic E-state index is -0.351. The van der Waals surface area contributed by atoms with Gasteiger partial charge in [-0.3, -0.25) is 4.79 Å². The maximum atomic E-state index is 13.0. The summed E-state index contributed by atoms with van der Waals surface area (Å²) < 4.78 is 24.7. The molecule has 3 rings (SSSR count). The van der Waals surface area contributed by atoms with Crippen LogP contribution >= 0.6 is 27.7 Å². The van der Waals surface area contributed by atoms with E-state index in [1.54, 1.807) is 18.2 Å². The van der Waals surface area contributed by atoms with Crippen molar-refractivity contribution in [3.8, 4) is 23.8 Å². The molecule has 0 unspecified atom stereocenters. The standard InChI is InChI=1S/C20H14BrFN2O3S/c1-3-8-27-18-12(9-13(21)11-16(18)26-2)10-17-19(25)24-20(28-17)23-15-6-4-14(22)5-7-15/h1,4-7,9-11H,8H2,2H3,(H,23,24,25)/b17-10-. The fourth-order valence-electron chi connectivity index (χ4n) is 2.37. The Morgan fingerprint density at radius 3 is 2.79 bits per heavy atom. The number of nitrogens with one attached hydrogen (secondary N) is 1. The second kappa shape index (κ2) is 8.95. The molecule has 0 atom stereocenters. The summed E-state index contributed by atoms with van der Waals surface area (Å²) in [5, 5.41) is 3.09. The molecule has 0 radical (unpaired) electrons. The quantitative estimate of drug-likeness (QED) is 0.526. The minimum Gasteiger partial charge on any atom is -0.493 e. The molecule has 2 aromatic carbocycles. The summed E-state index contributed by atoms with van der Waals surface area (Å²) in [4.78, 5) is 17.1. The molecule has 1 aliphatic heterocycles. The molecule has 0 spiro atoms. The summed E-state index contributed by atoms with van der Waals surface area (Å²) in [6.07, 6.45) is 6.96. The van der Waals surface area contributed by atoms with Crippen LogP contribution in [0.4, 0.5) is 10.1 Å². The van der Waals surface area contributed by atoms with E-state index in [4.69, 9.17) is 15.9 Å². The number of amidine groups is 1. The summed E-state index contributed by atoms with van der Waals surface area (Å²) in [7, 11) is 1.52. The van der Waals surface area contributed by atoms with Crippen molar-refractivity contribution in [2.75, 3.05) is 13.7 Å². The van der Waals surface area contributed by atoms with Crippen LogP contribution in [0.15, 0.2) is 50.8 Å². The second-order valence-corrected chi connectivity index (χ2v) is 7.42. The molecule has 8 heteroatoms. The van der Waals surface area contributed by atoms with Gasteiger partial charge in [0, 0.05) is 10.0 Å². The van der Waals surface area contributed by atoms with Gasteiger partial charge in [0.1, 0.15) is 12.4 Å². The maximum absolute atomic E-state index is 13.0. The van der Waals surface area contributed by atoms with Crippen LogP contribution in [0.5, 0.6) is 11.5 Å². The summed E-state index contributed by atoms with van der Waals surface area (Å²) in [6, 6.07) is 9.21. The Bertz CT molecular complexity index is 1010. The number of ether oxygens (including phenoxy) is 2. The number of hydrogen-bond acceptors (Lipinski definition) is 5. The molecule has 0 aliphatic carbocycles. The van der Waals surface area contributed by atoms with Crippen LogP contribution in [0.25, 0.3) is 6.08 Å². The van der Waals surface area contributed by atoms with Gasteiger partial charge in [-0.25, -0.2) is 9.38 Å². The number of carbonyl (C=O) groups excluding carboxylic acids is 1. The Balaban J connectivity index is 1.93. The van der Waals surface area contributed by atoms with Gasteiger partial charge in [-0.15, -0.1) is 6.42 Å². The zero-order valence-corrected chi connectivity index (χ0v) is 17.1. The highest BCUT2D eigenvalue weighted by atomic mass is 79.9. The topological polar surface area (TPSA) is 59.9 Å². The van der Waals surface area contributed by atoms with Crippen LogP contribution in [0.2, 0.25) is 0 Å². The number of nitrogens with zero attached hydrogens (tertiary/aromatic N) is 1. The monoisotopic (exact) mass is 460 g/mol. The Morgan fingerprint density at radius 1 is 1.36 bits per heavy atom. The van der Waals surface area contributed by atoms with Crippen molar-refractivity contribution in [1.82, 2.24) is 5.32 Å². The normalized spacial score (nSPS) is 16.1. The van der Waals surface area contributed by atoms with Crippen molar-refractivity contribution >= 4 is 50.5 Å². The van der Waals surface area contributed by atoms with E-state index < -0.39 is 0 Å². The number of methoxy groups -OCH3 is 1. The number of hydrogen-bond donors (Lipinski definition) is 1. The first kappa shape index (κ1) is 20.0. The number of halogens is 2. The van der Waals surface area contributed by atoms with Crippen LogP contribution in [0, 0.1) is 18.2 Å². The third-order valence-electron chi connectivity index (χ3n) is 3.56. The van der Waals surface area contributed by atoms with Crippen LogP contribution in [-0.4, -0.2) is 24.8 Å². The van der Waals surface area contributed by atoms with E-state index in [-0.39, 0.29) is 18.3 Å². The lowest BCUT2D eigenvalue weighted by Crippen LogP contribution is -2.19. The molecule has 2 aromatic rings. The minimum absolute atomic E-state index is 0.0603. The van der Waals surface area contributed by atoms with Crippen molar-refractivity contribution in [1.29, 1.82) is 0 Å². The zero-order valence-electron chi connectivity index (χ0n) is 14.7. The van der Waals surface area contributed by atoms with Gasteiger partial charge in [0.2, 0.25) is 0 Å². The SMILES string of the molecule is C#CCOc1c(/C=C2\SC(=Nc3ccc(F)cc3)NC2=O)cc(Br)cc1OC. The average Bonchev–Trinajstić information content (AvgIpc) is 3.01. The number of thioether (sulfide) groups is 1. The first-order chi connectivity index (χ1) is 13.5.